The summed E-state index contributed by atoms with van der Waals surface area (Å²) in [5, 5.41) is 10.8. The first-order chi connectivity index (χ1) is 9.54. The fourth-order valence-corrected chi connectivity index (χ4v) is 2.23. The topological polar surface area (TPSA) is 54.7 Å². The lowest BCUT2D eigenvalue weighted by Gasteiger charge is -2.08. The Bertz CT molecular complexity index is 617. The number of hydrogen-bond acceptors (Lipinski definition) is 4. The van der Waals surface area contributed by atoms with E-state index in [4.69, 9.17) is 4.74 Å². The van der Waals surface area contributed by atoms with Crippen molar-refractivity contribution in [3.8, 4) is 5.75 Å². The van der Waals surface area contributed by atoms with Gasteiger partial charge in [0.15, 0.2) is 0 Å². The van der Waals surface area contributed by atoms with Crippen LogP contribution in [0.1, 0.15) is 12.5 Å². The summed E-state index contributed by atoms with van der Waals surface area (Å²) in [6.45, 7) is 2.94. The lowest BCUT2D eigenvalue weighted by molar-refractivity contribution is 0.155. The van der Waals surface area contributed by atoms with E-state index in [0.29, 0.717) is 12.1 Å². The zero-order valence-corrected chi connectivity index (χ0v) is 12.1. The number of nitrogens with zero attached hydrogens (tertiary/aromatic N) is 2. The van der Waals surface area contributed by atoms with Gasteiger partial charge in [0.1, 0.15) is 5.75 Å². The van der Waals surface area contributed by atoms with Crippen LogP contribution >= 0.6 is 0 Å². The fourth-order valence-electron chi connectivity index (χ4n) is 2.23. The Morgan fingerprint density at radius 3 is 2.80 bits per heavy atom. The van der Waals surface area contributed by atoms with E-state index in [0.717, 1.165) is 23.9 Å². The van der Waals surface area contributed by atoms with Crippen LogP contribution in [-0.2, 0) is 11.2 Å². The highest BCUT2D eigenvalue weighted by atomic mass is 16.5. The number of ether oxygens (including phenoxy) is 1. The van der Waals surface area contributed by atoms with Gasteiger partial charge in [0.2, 0.25) is 0 Å². The predicted molar refractivity (Wildman–Crippen MR) is 78.3 cm³/mol. The zero-order valence-electron chi connectivity index (χ0n) is 12.1. The molecule has 0 unspecified atom stereocenters. The van der Waals surface area contributed by atoms with E-state index in [1.54, 1.807) is 25.3 Å². The molecule has 0 amide bonds. The number of aromatic nitrogens is 1. The third-order valence-electron chi connectivity index (χ3n) is 3.18. The van der Waals surface area contributed by atoms with Crippen LogP contribution in [0.15, 0.2) is 24.4 Å². The van der Waals surface area contributed by atoms with Gasteiger partial charge >= 0.3 is 6.09 Å². The summed E-state index contributed by atoms with van der Waals surface area (Å²) in [4.78, 5) is 14.0. The third kappa shape index (κ3) is 2.77. The molecule has 0 fully saturated rings. The number of phenols is 1. The average Bonchev–Trinajstić information content (AvgIpc) is 2.77. The number of fused-ring (bicyclic) bond motifs is 1. The molecule has 0 aliphatic heterocycles. The van der Waals surface area contributed by atoms with Gasteiger partial charge in [-0.2, -0.15) is 0 Å². The molecule has 0 radical (unpaired) electrons. The molecule has 0 bridgehead atoms. The molecule has 1 N–H and O–H groups in total. The van der Waals surface area contributed by atoms with Crippen LogP contribution in [0.25, 0.3) is 10.9 Å². The van der Waals surface area contributed by atoms with Gasteiger partial charge in [-0.1, -0.05) is 6.07 Å². The molecular weight excluding hydrogens is 256 g/mol. The number of carbonyl (C=O) groups is 1. The van der Waals surface area contributed by atoms with Crippen LogP contribution in [0.3, 0.4) is 0 Å². The van der Waals surface area contributed by atoms with Gasteiger partial charge in [-0.15, -0.1) is 0 Å². The van der Waals surface area contributed by atoms with E-state index < -0.39 is 6.09 Å². The van der Waals surface area contributed by atoms with Crippen LogP contribution < -0.4 is 0 Å². The zero-order chi connectivity index (χ0) is 14.7. The average molecular weight is 276 g/mol. The second kappa shape index (κ2) is 5.96. The van der Waals surface area contributed by atoms with Crippen molar-refractivity contribution < 1.29 is 14.6 Å². The summed E-state index contributed by atoms with van der Waals surface area (Å²) in [5.74, 6) is 0.194. The quantitative estimate of drug-likeness (QED) is 0.932. The van der Waals surface area contributed by atoms with Crippen molar-refractivity contribution in [3.05, 3.63) is 30.0 Å². The van der Waals surface area contributed by atoms with Gasteiger partial charge in [0.25, 0.3) is 0 Å². The van der Waals surface area contributed by atoms with E-state index in [-0.39, 0.29) is 5.75 Å². The second-order valence-electron chi connectivity index (χ2n) is 4.95. The molecule has 5 nitrogen and oxygen atoms in total. The minimum Gasteiger partial charge on any atom is -0.507 e. The third-order valence-corrected chi connectivity index (χ3v) is 3.18. The van der Waals surface area contributed by atoms with Crippen molar-refractivity contribution in [1.29, 1.82) is 0 Å². The maximum Gasteiger partial charge on any atom is 0.418 e. The van der Waals surface area contributed by atoms with Crippen molar-refractivity contribution in [3.63, 3.8) is 0 Å². The van der Waals surface area contributed by atoms with Crippen LogP contribution in [0.4, 0.5) is 4.79 Å². The Labute approximate surface area is 118 Å². The molecule has 5 heteroatoms. The Balaban J connectivity index is 2.49. The summed E-state index contributed by atoms with van der Waals surface area (Å²) in [7, 11) is 3.98. The molecule has 0 atom stereocenters. The first-order valence-electron chi connectivity index (χ1n) is 6.68. The van der Waals surface area contributed by atoms with Gasteiger partial charge in [0, 0.05) is 18.1 Å². The van der Waals surface area contributed by atoms with Crippen molar-refractivity contribution >= 4 is 17.0 Å². The van der Waals surface area contributed by atoms with E-state index in [1.165, 1.54) is 4.57 Å². The van der Waals surface area contributed by atoms with Gasteiger partial charge in [0.05, 0.1) is 12.1 Å². The molecule has 1 aromatic carbocycles. The normalized spacial score (nSPS) is 11.2. The molecule has 1 heterocycles. The second-order valence-corrected chi connectivity index (χ2v) is 4.95. The van der Waals surface area contributed by atoms with Gasteiger partial charge in [-0.25, -0.2) is 4.79 Å². The SMILES string of the molecule is CCOC(=O)n1cc(CCN(C)C)c2c(O)cccc21. The van der Waals surface area contributed by atoms with Crippen LogP contribution in [0.2, 0.25) is 0 Å². The summed E-state index contributed by atoms with van der Waals surface area (Å²) in [5.41, 5.74) is 1.62. The van der Waals surface area contributed by atoms with Crippen molar-refractivity contribution in [1.82, 2.24) is 9.47 Å². The Morgan fingerprint density at radius 1 is 1.40 bits per heavy atom. The summed E-state index contributed by atoms with van der Waals surface area (Å²) < 4.78 is 6.51. The maximum atomic E-state index is 12.0. The molecule has 0 saturated carbocycles. The first kappa shape index (κ1) is 14.4. The van der Waals surface area contributed by atoms with Crippen LogP contribution in [-0.4, -0.2) is 47.9 Å². The molecule has 0 aliphatic rings. The number of likely N-dealkylation sites (N-methyl/N-ethyl adjacent to an activating group) is 1. The Kier molecular flexibility index (Phi) is 4.29. The molecule has 0 aliphatic carbocycles. The molecule has 0 spiro atoms. The Morgan fingerprint density at radius 2 is 2.15 bits per heavy atom. The fraction of sp³-hybridized carbons (Fsp3) is 0.400. The number of benzene rings is 1. The summed E-state index contributed by atoms with van der Waals surface area (Å²) in [6.07, 6.45) is 2.10. The molecule has 20 heavy (non-hydrogen) atoms. The van der Waals surface area contributed by atoms with E-state index in [2.05, 4.69) is 4.90 Å². The lowest BCUT2D eigenvalue weighted by Crippen LogP contribution is -2.15. The van der Waals surface area contributed by atoms with E-state index in [1.807, 2.05) is 20.2 Å². The van der Waals surface area contributed by atoms with Crippen molar-refractivity contribution in [2.24, 2.45) is 0 Å². The predicted octanol–water partition coefficient (Wildman–Crippen LogP) is 2.46. The minimum atomic E-state index is -0.417. The van der Waals surface area contributed by atoms with Crippen molar-refractivity contribution in [2.75, 3.05) is 27.2 Å². The number of aromatic hydroxyl groups is 1. The van der Waals surface area contributed by atoms with Crippen LogP contribution in [0.5, 0.6) is 5.75 Å². The van der Waals surface area contributed by atoms with Gasteiger partial charge in [-0.05, 0) is 45.1 Å². The number of rotatable bonds is 4. The van der Waals surface area contributed by atoms with Gasteiger partial charge < -0.3 is 14.7 Å². The maximum absolute atomic E-state index is 12.0. The first-order valence-corrected chi connectivity index (χ1v) is 6.68. The minimum absolute atomic E-state index is 0.194. The van der Waals surface area contributed by atoms with E-state index >= 15 is 0 Å². The van der Waals surface area contributed by atoms with Gasteiger partial charge in [-0.3, -0.25) is 4.57 Å². The van der Waals surface area contributed by atoms with E-state index in [9.17, 15) is 9.90 Å². The summed E-state index contributed by atoms with van der Waals surface area (Å²) >= 11 is 0. The highest BCUT2D eigenvalue weighted by Crippen LogP contribution is 2.30. The molecule has 1 aromatic heterocycles. The standard InChI is InChI=1S/C15H20N2O3/c1-4-20-15(19)17-10-11(8-9-16(2)3)14-12(17)6-5-7-13(14)18/h5-7,10,18H,4,8-9H2,1-3H3. The molecular formula is C15H20N2O3. The number of hydrogen-bond donors (Lipinski definition) is 1. The molecule has 0 saturated heterocycles. The molecule has 108 valence electrons. The number of carbonyl (C=O) groups excluding carboxylic acids is 1. The summed E-state index contributed by atoms with van der Waals surface area (Å²) in [6, 6.07) is 5.17. The van der Waals surface area contributed by atoms with Crippen molar-refractivity contribution in [2.45, 2.75) is 13.3 Å². The van der Waals surface area contributed by atoms with Crippen LogP contribution in [0, 0.1) is 0 Å². The highest BCUT2D eigenvalue weighted by molar-refractivity contribution is 5.95. The monoisotopic (exact) mass is 276 g/mol. The molecule has 2 rings (SSSR count). The highest BCUT2D eigenvalue weighted by Gasteiger charge is 2.16. The lowest BCUT2D eigenvalue weighted by atomic mass is 10.1. The molecule has 2 aromatic rings. The largest absolute Gasteiger partial charge is 0.507 e. The number of phenolic OH excluding ortho intramolecular Hbond substituents is 1. The Hall–Kier alpha value is -2.01. The smallest absolute Gasteiger partial charge is 0.418 e.